The Labute approximate surface area is 96.3 Å². The molecule has 0 saturated carbocycles. The van der Waals surface area contributed by atoms with Crippen molar-refractivity contribution in [2.24, 2.45) is 0 Å². The first kappa shape index (κ1) is 11.0. The molecule has 1 aromatic carbocycles. The lowest BCUT2D eigenvalue weighted by atomic mass is 10.1. The van der Waals surface area contributed by atoms with Crippen LogP contribution in [0.2, 0.25) is 0 Å². The second kappa shape index (κ2) is 4.99. The van der Waals surface area contributed by atoms with Crippen molar-refractivity contribution in [3.63, 3.8) is 0 Å². The minimum Gasteiger partial charge on any atom is -0.472 e. The minimum atomic E-state index is 0.356. The smallest absolute Gasteiger partial charge is 0.0947 e. The Kier molecular flexibility index (Phi) is 3.42. The van der Waals surface area contributed by atoms with Gasteiger partial charge < -0.3 is 9.73 Å². The maximum Gasteiger partial charge on any atom is 0.0947 e. The largest absolute Gasteiger partial charge is 0.472 e. The van der Waals surface area contributed by atoms with Crippen LogP contribution >= 0.6 is 0 Å². The van der Waals surface area contributed by atoms with E-state index in [1.807, 2.05) is 6.07 Å². The number of hydrogen-bond donors (Lipinski definition) is 1. The molecule has 2 rings (SSSR count). The Hall–Kier alpha value is -1.54. The second-order valence-electron chi connectivity index (χ2n) is 4.15. The monoisotopic (exact) mass is 215 g/mol. The van der Waals surface area contributed by atoms with Crippen molar-refractivity contribution in [1.82, 2.24) is 5.32 Å². The van der Waals surface area contributed by atoms with Gasteiger partial charge in [-0.3, -0.25) is 0 Å². The van der Waals surface area contributed by atoms with Gasteiger partial charge in [-0.05, 0) is 25.5 Å². The molecule has 1 atom stereocenters. The highest BCUT2D eigenvalue weighted by atomic mass is 16.3. The molecule has 1 aromatic heterocycles. The van der Waals surface area contributed by atoms with E-state index in [1.165, 1.54) is 16.7 Å². The molecule has 0 spiro atoms. The fourth-order valence-electron chi connectivity index (χ4n) is 1.72. The van der Waals surface area contributed by atoms with Crippen LogP contribution in [-0.2, 0) is 6.54 Å². The van der Waals surface area contributed by atoms with Crippen molar-refractivity contribution < 1.29 is 4.42 Å². The average Bonchev–Trinajstić information content (AvgIpc) is 2.78. The first-order valence-corrected chi connectivity index (χ1v) is 5.57. The summed E-state index contributed by atoms with van der Waals surface area (Å²) < 4.78 is 5.03. The summed E-state index contributed by atoms with van der Waals surface area (Å²) in [5.74, 6) is 0. The lowest BCUT2D eigenvalue weighted by Crippen LogP contribution is -2.17. The summed E-state index contributed by atoms with van der Waals surface area (Å²) >= 11 is 0. The van der Waals surface area contributed by atoms with Gasteiger partial charge in [-0.15, -0.1) is 0 Å². The number of furan rings is 1. The number of nitrogens with one attached hydrogen (secondary N) is 1. The van der Waals surface area contributed by atoms with Gasteiger partial charge in [0.15, 0.2) is 0 Å². The maximum atomic E-state index is 5.03. The Morgan fingerprint density at radius 1 is 1.31 bits per heavy atom. The normalized spacial score (nSPS) is 12.6. The van der Waals surface area contributed by atoms with Crippen LogP contribution in [-0.4, -0.2) is 0 Å². The van der Waals surface area contributed by atoms with Gasteiger partial charge in [-0.1, -0.05) is 29.8 Å². The topological polar surface area (TPSA) is 25.2 Å². The molecule has 0 saturated heterocycles. The van der Waals surface area contributed by atoms with Crippen LogP contribution in [0.25, 0.3) is 0 Å². The summed E-state index contributed by atoms with van der Waals surface area (Å²) in [6.45, 7) is 5.13. The van der Waals surface area contributed by atoms with Crippen LogP contribution in [0, 0.1) is 6.92 Å². The van der Waals surface area contributed by atoms with Crippen molar-refractivity contribution in [1.29, 1.82) is 0 Å². The number of hydrogen-bond acceptors (Lipinski definition) is 2. The van der Waals surface area contributed by atoms with Gasteiger partial charge in [-0.25, -0.2) is 0 Å². The van der Waals surface area contributed by atoms with Gasteiger partial charge in [0.25, 0.3) is 0 Å². The SMILES string of the molecule is Cc1cccc(C(C)NCc2ccoc2)c1. The number of aryl methyl sites for hydroxylation is 1. The predicted molar refractivity (Wildman–Crippen MR) is 65.1 cm³/mol. The highest BCUT2D eigenvalue weighted by Crippen LogP contribution is 2.14. The van der Waals surface area contributed by atoms with E-state index in [0.717, 1.165) is 6.54 Å². The van der Waals surface area contributed by atoms with E-state index in [2.05, 4.69) is 43.4 Å². The Morgan fingerprint density at radius 2 is 2.19 bits per heavy atom. The maximum absolute atomic E-state index is 5.03. The lowest BCUT2D eigenvalue weighted by Gasteiger charge is -2.14. The Balaban J connectivity index is 1.95. The second-order valence-corrected chi connectivity index (χ2v) is 4.15. The molecule has 0 aliphatic rings. The van der Waals surface area contributed by atoms with Crippen LogP contribution in [0.4, 0.5) is 0 Å². The quantitative estimate of drug-likeness (QED) is 0.845. The third-order valence-electron chi connectivity index (χ3n) is 2.73. The molecule has 2 heteroatoms. The molecule has 1 N–H and O–H groups in total. The standard InChI is InChI=1S/C14H17NO/c1-11-4-3-5-14(8-11)12(2)15-9-13-6-7-16-10-13/h3-8,10,12,15H,9H2,1-2H3. The molecule has 0 aliphatic heterocycles. The molecule has 2 aromatic rings. The van der Waals surface area contributed by atoms with E-state index >= 15 is 0 Å². The average molecular weight is 215 g/mol. The first-order chi connectivity index (χ1) is 7.75. The molecule has 2 nitrogen and oxygen atoms in total. The summed E-state index contributed by atoms with van der Waals surface area (Å²) in [7, 11) is 0. The van der Waals surface area contributed by atoms with Crippen LogP contribution in [0.5, 0.6) is 0 Å². The molecule has 0 radical (unpaired) electrons. The summed E-state index contributed by atoms with van der Waals surface area (Å²) in [5.41, 5.74) is 3.80. The molecular weight excluding hydrogens is 198 g/mol. The van der Waals surface area contributed by atoms with Crippen LogP contribution in [0.3, 0.4) is 0 Å². The molecule has 1 heterocycles. The van der Waals surface area contributed by atoms with Crippen LogP contribution < -0.4 is 5.32 Å². The third kappa shape index (κ3) is 2.74. The summed E-state index contributed by atoms with van der Waals surface area (Å²) in [4.78, 5) is 0. The zero-order valence-electron chi connectivity index (χ0n) is 9.73. The Morgan fingerprint density at radius 3 is 2.88 bits per heavy atom. The number of rotatable bonds is 4. The van der Waals surface area contributed by atoms with Crippen LogP contribution in [0.1, 0.15) is 29.7 Å². The fourth-order valence-corrected chi connectivity index (χ4v) is 1.72. The van der Waals surface area contributed by atoms with Crippen LogP contribution in [0.15, 0.2) is 47.3 Å². The molecule has 1 unspecified atom stereocenters. The minimum absolute atomic E-state index is 0.356. The van der Waals surface area contributed by atoms with Crippen molar-refractivity contribution in [2.75, 3.05) is 0 Å². The highest BCUT2D eigenvalue weighted by molar-refractivity contribution is 5.24. The van der Waals surface area contributed by atoms with Gasteiger partial charge in [0.05, 0.1) is 12.5 Å². The van der Waals surface area contributed by atoms with E-state index in [4.69, 9.17) is 4.42 Å². The van der Waals surface area contributed by atoms with Gasteiger partial charge in [0, 0.05) is 18.2 Å². The molecule has 0 fully saturated rings. The predicted octanol–water partition coefficient (Wildman–Crippen LogP) is 3.44. The fraction of sp³-hybridized carbons (Fsp3) is 0.286. The lowest BCUT2D eigenvalue weighted by molar-refractivity contribution is 0.546. The van der Waals surface area contributed by atoms with Crippen molar-refractivity contribution in [2.45, 2.75) is 26.4 Å². The van der Waals surface area contributed by atoms with Gasteiger partial charge >= 0.3 is 0 Å². The molecule has 0 bridgehead atoms. The van der Waals surface area contributed by atoms with E-state index < -0.39 is 0 Å². The van der Waals surface area contributed by atoms with Gasteiger partial charge in [0.2, 0.25) is 0 Å². The van der Waals surface area contributed by atoms with E-state index in [1.54, 1.807) is 12.5 Å². The molecule has 0 aliphatic carbocycles. The number of benzene rings is 1. The van der Waals surface area contributed by atoms with E-state index in [9.17, 15) is 0 Å². The highest BCUT2D eigenvalue weighted by Gasteiger charge is 2.04. The van der Waals surface area contributed by atoms with E-state index in [-0.39, 0.29) is 0 Å². The van der Waals surface area contributed by atoms with Crippen molar-refractivity contribution >= 4 is 0 Å². The first-order valence-electron chi connectivity index (χ1n) is 5.57. The summed E-state index contributed by atoms with van der Waals surface area (Å²) in [6.07, 6.45) is 3.48. The zero-order chi connectivity index (χ0) is 11.4. The zero-order valence-corrected chi connectivity index (χ0v) is 9.73. The molecule has 0 amide bonds. The molecule has 16 heavy (non-hydrogen) atoms. The molecular formula is C14H17NO. The van der Waals surface area contributed by atoms with Gasteiger partial charge in [0.1, 0.15) is 0 Å². The summed E-state index contributed by atoms with van der Waals surface area (Å²) in [6, 6.07) is 10.9. The third-order valence-corrected chi connectivity index (χ3v) is 2.73. The van der Waals surface area contributed by atoms with Crippen molar-refractivity contribution in [3.05, 3.63) is 59.5 Å². The molecule has 84 valence electrons. The van der Waals surface area contributed by atoms with Gasteiger partial charge in [-0.2, -0.15) is 0 Å². The van der Waals surface area contributed by atoms with E-state index in [0.29, 0.717) is 6.04 Å². The van der Waals surface area contributed by atoms with Crippen molar-refractivity contribution in [3.8, 4) is 0 Å². The Bertz CT molecular complexity index is 434. The summed E-state index contributed by atoms with van der Waals surface area (Å²) in [5, 5.41) is 3.47.